The van der Waals surface area contributed by atoms with Gasteiger partial charge in [-0.1, -0.05) is 322 Å². The van der Waals surface area contributed by atoms with Crippen LogP contribution < -0.4 is 9.80 Å². The van der Waals surface area contributed by atoms with Crippen LogP contribution in [0, 0.1) is 0 Å². The minimum atomic E-state index is 0.907. The number of hydrogen-bond acceptors (Lipinski definition) is 6. The Morgan fingerprint density at radius 3 is 1.28 bits per heavy atom. The molecule has 22 aromatic carbocycles. The van der Waals surface area contributed by atoms with E-state index in [2.05, 4.69) is 441 Å². The molecule has 0 spiro atoms. The first-order valence-corrected chi connectivity index (χ1v) is 44.7. The minimum absolute atomic E-state index is 0.907. The fourth-order valence-corrected chi connectivity index (χ4v) is 23.2. The average molecular weight is 1630 g/mol. The van der Waals surface area contributed by atoms with Crippen LogP contribution in [0.3, 0.4) is 0 Å². The van der Waals surface area contributed by atoms with Crippen molar-refractivity contribution in [3.05, 3.63) is 437 Å². The number of fused-ring (bicyclic) bond motifs is 23. The van der Waals surface area contributed by atoms with Crippen LogP contribution in [0.5, 0.6) is 0 Å². The lowest BCUT2D eigenvalue weighted by molar-refractivity contribution is 0.669. The Morgan fingerprint density at radius 1 is 0.169 bits per heavy atom. The molecule has 4 heterocycles. The molecule has 578 valence electrons. The highest BCUT2D eigenvalue weighted by molar-refractivity contribution is 7.27. The molecule has 0 unspecified atom stereocenters. The van der Waals surface area contributed by atoms with Crippen molar-refractivity contribution in [2.75, 3.05) is 9.80 Å². The van der Waals surface area contributed by atoms with Crippen LogP contribution in [0.1, 0.15) is 0 Å². The first-order valence-electron chi connectivity index (χ1n) is 42.3. The van der Waals surface area contributed by atoms with E-state index in [4.69, 9.17) is 4.42 Å². The van der Waals surface area contributed by atoms with E-state index < -0.39 is 0 Å². The zero-order valence-corrected chi connectivity index (χ0v) is 69.5. The molecule has 26 rings (SSSR count). The molecule has 0 aliphatic rings. The van der Waals surface area contributed by atoms with E-state index in [1.807, 2.05) is 40.1 Å². The fourth-order valence-electron chi connectivity index (χ4n) is 19.5. The maximum absolute atomic E-state index is 6.43. The number of thiophene rings is 3. The molecule has 3 nitrogen and oxygen atoms in total. The van der Waals surface area contributed by atoms with E-state index in [0.29, 0.717) is 0 Å². The summed E-state index contributed by atoms with van der Waals surface area (Å²) in [6.45, 7) is 0. The Morgan fingerprint density at radius 2 is 0.605 bits per heavy atom. The first-order chi connectivity index (χ1) is 61.4. The Hall–Kier alpha value is -15.3. The summed E-state index contributed by atoms with van der Waals surface area (Å²) < 4.78 is 14.4. The molecule has 0 fully saturated rings. The Balaban J connectivity index is 0.000000137. The van der Waals surface area contributed by atoms with E-state index in [9.17, 15) is 0 Å². The highest BCUT2D eigenvalue weighted by atomic mass is 32.1. The Labute approximate surface area is 726 Å². The van der Waals surface area contributed by atoms with E-state index >= 15 is 0 Å². The van der Waals surface area contributed by atoms with Crippen LogP contribution in [0.2, 0.25) is 0 Å². The van der Waals surface area contributed by atoms with E-state index in [1.54, 1.807) is 0 Å². The average Bonchev–Trinajstić information content (AvgIpc) is 1.49. The molecular formula is C118H72N2OS3. The molecule has 0 N–H and O–H groups in total. The molecule has 0 atom stereocenters. The van der Waals surface area contributed by atoms with Gasteiger partial charge in [0.25, 0.3) is 0 Å². The van der Waals surface area contributed by atoms with Crippen LogP contribution in [0.4, 0.5) is 34.1 Å². The normalized spacial score (nSPS) is 11.9. The second kappa shape index (κ2) is 29.3. The van der Waals surface area contributed by atoms with Crippen molar-refractivity contribution in [2.45, 2.75) is 0 Å². The smallest absolute Gasteiger partial charge is 0.136 e. The number of anilines is 6. The lowest BCUT2D eigenvalue weighted by Crippen LogP contribution is -2.11. The van der Waals surface area contributed by atoms with Gasteiger partial charge in [-0.05, 0) is 236 Å². The Bertz CT molecular complexity index is 8820. The molecule has 0 amide bonds. The van der Waals surface area contributed by atoms with Gasteiger partial charge < -0.3 is 14.2 Å². The molecule has 0 bridgehead atoms. The minimum Gasteiger partial charge on any atom is -0.456 e. The van der Waals surface area contributed by atoms with Crippen molar-refractivity contribution in [1.29, 1.82) is 0 Å². The number of benzene rings is 22. The fraction of sp³-hybridized carbons (Fsp3) is 0. The van der Waals surface area contributed by atoms with Crippen LogP contribution in [-0.2, 0) is 0 Å². The molecule has 4 aromatic heterocycles. The molecule has 124 heavy (non-hydrogen) atoms. The van der Waals surface area contributed by atoms with Crippen molar-refractivity contribution in [1.82, 2.24) is 0 Å². The number of nitrogens with zero attached hydrogens (tertiary/aromatic N) is 2. The number of para-hydroxylation sites is 1. The molecule has 0 aliphatic carbocycles. The second-order valence-corrected chi connectivity index (χ2v) is 35.7. The van der Waals surface area contributed by atoms with Crippen LogP contribution in [0.15, 0.2) is 441 Å². The lowest BCUT2D eigenvalue weighted by Gasteiger charge is -2.30. The van der Waals surface area contributed by atoms with E-state index in [1.165, 1.54) is 186 Å². The van der Waals surface area contributed by atoms with Gasteiger partial charge in [-0.2, -0.15) is 0 Å². The molecule has 0 saturated heterocycles. The standard InChI is InChI=1S/C62H37NS2.C56H35NOS/c1-2-15-40-33-46(28-25-38(40)13-1)63(56-35-44(31-42-16-4-6-18-47(42)56)41-27-30-59-55(34-41)51-22-11-12-24-58(51)64-59)57-36-45(32-43-17-5-7-19-48(43)57)54-37-60-61(52-23-10-9-21-50(52)54)53-29-26-39-14-3-8-20-49(39)62(53)65-60;1-2-10-36(11-3-1)37-18-26-42(27-19-37)57(43-28-20-38(21-29-43)41-25-32-47-49-33-24-39-12-4-5-13-45(39)56(49)59-54(47)34-41)44-30-22-40(23-31-44)51-35-53-55(48-15-7-6-14-46(48)51)50-16-8-9-17-52(50)58-53/h1-37H;1-35H. The lowest BCUT2D eigenvalue weighted by atomic mass is 9.92. The molecule has 0 aliphatic heterocycles. The van der Waals surface area contributed by atoms with Gasteiger partial charge >= 0.3 is 0 Å². The third-order valence-electron chi connectivity index (χ3n) is 25.4. The largest absolute Gasteiger partial charge is 0.456 e. The summed E-state index contributed by atoms with van der Waals surface area (Å²) in [7, 11) is 0. The van der Waals surface area contributed by atoms with Gasteiger partial charge in [0.05, 0.1) is 11.4 Å². The van der Waals surface area contributed by atoms with Gasteiger partial charge in [0.15, 0.2) is 0 Å². The van der Waals surface area contributed by atoms with Gasteiger partial charge in [-0.3, -0.25) is 0 Å². The number of furan rings is 1. The number of rotatable bonds is 11. The summed E-state index contributed by atoms with van der Waals surface area (Å²) in [4.78, 5) is 4.89. The van der Waals surface area contributed by atoms with Crippen LogP contribution >= 0.6 is 34.0 Å². The maximum atomic E-state index is 6.43. The maximum Gasteiger partial charge on any atom is 0.136 e. The topological polar surface area (TPSA) is 19.6 Å². The van der Waals surface area contributed by atoms with Crippen molar-refractivity contribution >= 4 is 226 Å². The third kappa shape index (κ3) is 12.0. The second-order valence-electron chi connectivity index (χ2n) is 32.5. The zero-order valence-electron chi connectivity index (χ0n) is 67.1. The SMILES string of the molecule is c1ccc(-c2ccc(N(c3ccc(-c4ccc5c(c4)sc4c6ccccc6ccc54)cc3)c3ccc(-c4cc5oc6ccccc6c5c5ccccc45)cc3)cc2)cc1.c1ccc2cc(N(c3cc(-c4ccc5sc6ccccc6c5c4)cc4ccccc34)c3cc(-c4cc5sc6c7ccccc7ccc6c5c5ccccc45)cc4ccccc34)ccc2c1. The van der Waals surface area contributed by atoms with Crippen LogP contribution in [-0.4, -0.2) is 0 Å². The van der Waals surface area contributed by atoms with Crippen molar-refractivity contribution in [2.24, 2.45) is 0 Å². The summed E-state index contributed by atoms with van der Waals surface area (Å²) in [6, 6.07) is 161. The molecule has 0 saturated carbocycles. The van der Waals surface area contributed by atoms with Gasteiger partial charge in [-0.15, -0.1) is 34.0 Å². The summed E-state index contributed by atoms with van der Waals surface area (Å²) >= 11 is 5.67. The first kappa shape index (κ1) is 71.6. The molecule has 26 aromatic rings. The summed E-state index contributed by atoms with van der Waals surface area (Å²) in [6.07, 6.45) is 0. The number of hydrogen-bond donors (Lipinski definition) is 0. The van der Waals surface area contributed by atoms with Crippen molar-refractivity contribution in [3.63, 3.8) is 0 Å². The summed E-state index contributed by atoms with van der Waals surface area (Å²) in [5.41, 5.74) is 20.4. The molecule has 0 radical (unpaired) electrons. The van der Waals surface area contributed by atoms with Gasteiger partial charge in [0.1, 0.15) is 11.2 Å². The van der Waals surface area contributed by atoms with Gasteiger partial charge in [0.2, 0.25) is 0 Å². The monoisotopic (exact) mass is 1630 g/mol. The highest BCUT2D eigenvalue weighted by Crippen LogP contribution is 2.52. The van der Waals surface area contributed by atoms with Gasteiger partial charge in [0, 0.05) is 105 Å². The molecular weight excluding hydrogens is 1560 g/mol. The predicted molar refractivity (Wildman–Crippen MR) is 538 cm³/mol. The van der Waals surface area contributed by atoms with Crippen LogP contribution in [0.25, 0.3) is 213 Å². The quantitative estimate of drug-likeness (QED) is 0.129. The summed E-state index contributed by atoms with van der Waals surface area (Å²) in [5, 5.41) is 27.6. The van der Waals surface area contributed by atoms with Gasteiger partial charge in [-0.25, -0.2) is 0 Å². The predicted octanol–water partition coefficient (Wildman–Crippen LogP) is 35.7. The summed E-state index contributed by atoms with van der Waals surface area (Å²) in [5.74, 6) is 0. The molecule has 6 heteroatoms. The highest BCUT2D eigenvalue weighted by Gasteiger charge is 2.25. The van der Waals surface area contributed by atoms with E-state index in [0.717, 1.165) is 61.8 Å². The third-order valence-corrected chi connectivity index (χ3v) is 29.0. The van der Waals surface area contributed by atoms with E-state index in [-0.39, 0.29) is 0 Å². The van der Waals surface area contributed by atoms with Crippen molar-refractivity contribution in [3.8, 4) is 55.6 Å². The zero-order chi connectivity index (χ0) is 81.5. The Kier molecular flexibility index (Phi) is 16.9. The van der Waals surface area contributed by atoms with Crippen molar-refractivity contribution < 1.29 is 4.42 Å².